The monoisotopic (exact) mass is 309 g/mol. The molecule has 0 aliphatic heterocycles. The zero-order chi connectivity index (χ0) is 13.6. The Labute approximate surface area is 124 Å². The number of aromatic amines is 1. The Hall–Kier alpha value is -1.29. The minimum Gasteiger partial charge on any atom is -0.357 e. The van der Waals surface area contributed by atoms with E-state index < -0.39 is 0 Å². The van der Waals surface area contributed by atoms with Crippen LogP contribution in [0.1, 0.15) is 21.6 Å². The van der Waals surface area contributed by atoms with Crippen molar-refractivity contribution in [3.63, 3.8) is 0 Å². The number of rotatable bonds is 2. The molecule has 0 unspecified atom stereocenters. The standard InChI is InChI=1S/C14H9Cl2NOS/c1-7-11(14-10(17-7)5-6-19-14)13(18)8-3-2-4-9(15)12(8)16/h2-6,17H,1H3. The van der Waals surface area contributed by atoms with Crippen molar-refractivity contribution in [1.29, 1.82) is 0 Å². The summed E-state index contributed by atoms with van der Waals surface area (Å²) in [6.07, 6.45) is 0. The number of aromatic nitrogens is 1. The van der Waals surface area contributed by atoms with E-state index in [4.69, 9.17) is 23.2 Å². The predicted octanol–water partition coefficient (Wildman–Crippen LogP) is 5.08. The Morgan fingerprint density at radius 2 is 2.05 bits per heavy atom. The molecule has 0 aliphatic carbocycles. The van der Waals surface area contributed by atoms with Gasteiger partial charge in [-0.3, -0.25) is 4.79 Å². The van der Waals surface area contributed by atoms with Crippen LogP contribution in [0.5, 0.6) is 0 Å². The Morgan fingerprint density at radius 1 is 1.26 bits per heavy atom. The second-order valence-corrected chi connectivity index (χ2v) is 5.92. The van der Waals surface area contributed by atoms with Crippen LogP contribution in [0.2, 0.25) is 10.0 Å². The Balaban J connectivity index is 2.21. The number of fused-ring (bicyclic) bond motifs is 1. The first kappa shape index (κ1) is 12.7. The molecule has 5 heteroatoms. The molecular weight excluding hydrogens is 301 g/mol. The lowest BCUT2D eigenvalue weighted by Crippen LogP contribution is -2.03. The summed E-state index contributed by atoms with van der Waals surface area (Å²) in [7, 11) is 0. The summed E-state index contributed by atoms with van der Waals surface area (Å²) in [4.78, 5) is 15.9. The van der Waals surface area contributed by atoms with Gasteiger partial charge in [-0.25, -0.2) is 0 Å². The third-order valence-electron chi connectivity index (χ3n) is 3.01. The molecule has 96 valence electrons. The van der Waals surface area contributed by atoms with Gasteiger partial charge in [0.15, 0.2) is 5.78 Å². The number of H-pyrrole nitrogens is 1. The van der Waals surface area contributed by atoms with E-state index in [1.165, 1.54) is 11.3 Å². The van der Waals surface area contributed by atoms with Gasteiger partial charge >= 0.3 is 0 Å². The van der Waals surface area contributed by atoms with Crippen molar-refractivity contribution in [1.82, 2.24) is 4.98 Å². The second kappa shape index (κ2) is 4.67. The summed E-state index contributed by atoms with van der Waals surface area (Å²) in [5, 5.41) is 2.65. The molecule has 0 fully saturated rings. The number of carbonyl (C=O) groups excluding carboxylic acids is 1. The number of ketones is 1. The van der Waals surface area contributed by atoms with Gasteiger partial charge in [-0.2, -0.15) is 0 Å². The highest BCUT2D eigenvalue weighted by Gasteiger charge is 2.21. The van der Waals surface area contributed by atoms with E-state index in [-0.39, 0.29) is 5.78 Å². The topological polar surface area (TPSA) is 32.9 Å². The first-order chi connectivity index (χ1) is 9.09. The van der Waals surface area contributed by atoms with E-state index in [0.29, 0.717) is 21.2 Å². The Bertz CT molecular complexity index is 788. The maximum Gasteiger partial charge on any atom is 0.197 e. The average Bonchev–Trinajstić information content (AvgIpc) is 2.91. The lowest BCUT2D eigenvalue weighted by molar-refractivity contribution is 0.104. The van der Waals surface area contributed by atoms with E-state index in [9.17, 15) is 4.79 Å². The fourth-order valence-electron chi connectivity index (χ4n) is 2.12. The quantitative estimate of drug-likeness (QED) is 0.658. The largest absolute Gasteiger partial charge is 0.357 e. The lowest BCUT2D eigenvalue weighted by atomic mass is 10.0. The van der Waals surface area contributed by atoms with Gasteiger partial charge in [0, 0.05) is 11.3 Å². The summed E-state index contributed by atoms with van der Waals surface area (Å²) in [6.45, 7) is 1.89. The maximum atomic E-state index is 12.7. The third-order valence-corrected chi connectivity index (χ3v) is 4.76. The summed E-state index contributed by atoms with van der Waals surface area (Å²) >= 11 is 13.6. The van der Waals surface area contributed by atoms with Crippen LogP contribution in [0.25, 0.3) is 10.2 Å². The first-order valence-corrected chi connectivity index (χ1v) is 7.27. The molecule has 1 N–H and O–H groups in total. The molecule has 19 heavy (non-hydrogen) atoms. The molecule has 0 spiro atoms. The number of carbonyl (C=O) groups is 1. The molecular formula is C14H9Cl2NOS. The zero-order valence-electron chi connectivity index (χ0n) is 9.96. The summed E-state index contributed by atoms with van der Waals surface area (Å²) in [6, 6.07) is 7.06. The molecule has 3 rings (SSSR count). The molecule has 0 amide bonds. The minimum atomic E-state index is -0.0984. The first-order valence-electron chi connectivity index (χ1n) is 5.64. The molecule has 3 aromatic rings. The predicted molar refractivity (Wildman–Crippen MR) is 80.8 cm³/mol. The molecule has 0 radical (unpaired) electrons. The van der Waals surface area contributed by atoms with Gasteiger partial charge in [-0.1, -0.05) is 29.3 Å². The highest BCUT2D eigenvalue weighted by atomic mass is 35.5. The van der Waals surface area contributed by atoms with Crippen molar-refractivity contribution in [2.75, 3.05) is 0 Å². The van der Waals surface area contributed by atoms with E-state index in [0.717, 1.165) is 15.9 Å². The van der Waals surface area contributed by atoms with Crippen LogP contribution in [-0.4, -0.2) is 10.8 Å². The van der Waals surface area contributed by atoms with Crippen LogP contribution >= 0.6 is 34.5 Å². The number of nitrogens with one attached hydrogen (secondary N) is 1. The van der Waals surface area contributed by atoms with Gasteiger partial charge in [-0.15, -0.1) is 11.3 Å². The van der Waals surface area contributed by atoms with E-state index in [1.54, 1.807) is 18.2 Å². The van der Waals surface area contributed by atoms with Crippen molar-refractivity contribution >= 4 is 50.5 Å². The van der Waals surface area contributed by atoms with Crippen LogP contribution in [0.3, 0.4) is 0 Å². The molecule has 0 saturated heterocycles. The van der Waals surface area contributed by atoms with Gasteiger partial charge in [0.2, 0.25) is 0 Å². The van der Waals surface area contributed by atoms with Crippen molar-refractivity contribution in [2.45, 2.75) is 6.92 Å². The summed E-state index contributed by atoms with van der Waals surface area (Å²) < 4.78 is 0.957. The Kier molecular flexibility index (Phi) is 3.13. The van der Waals surface area contributed by atoms with Gasteiger partial charge in [0.05, 0.1) is 25.8 Å². The fraction of sp³-hybridized carbons (Fsp3) is 0.0714. The van der Waals surface area contributed by atoms with Crippen LogP contribution < -0.4 is 0 Å². The molecule has 2 nitrogen and oxygen atoms in total. The van der Waals surface area contributed by atoms with Gasteiger partial charge in [-0.05, 0) is 30.5 Å². The molecule has 0 atom stereocenters. The normalized spacial score (nSPS) is 11.1. The zero-order valence-corrected chi connectivity index (χ0v) is 12.3. The van der Waals surface area contributed by atoms with Gasteiger partial charge < -0.3 is 4.98 Å². The van der Waals surface area contributed by atoms with Crippen LogP contribution in [0, 0.1) is 6.92 Å². The van der Waals surface area contributed by atoms with Crippen LogP contribution in [0.4, 0.5) is 0 Å². The molecule has 0 saturated carbocycles. The van der Waals surface area contributed by atoms with Crippen LogP contribution in [-0.2, 0) is 0 Å². The number of benzene rings is 1. The highest BCUT2D eigenvalue weighted by molar-refractivity contribution is 7.17. The SMILES string of the molecule is Cc1[nH]c2ccsc2c1C(=O)c1cccc(Cl)c1Cl. The molecule has 0 aliphatic rings. The van der Waals surface area contributed by atoms with Crippen molar-refractivity contribution in [3.05, 3.63) is 56.5 Å². The number of aryl methyl sites for hydroxylation is 1. The van der Waals surface area contributed by atoms with Gasteiger partial charge in [0.1, 0.15) is 0 Å². The van der Waals surface area contributed by atoms with E-state index in [1.807, 2.05) is 18.4 Å². The van der Waals surface area contributed by atoms with E-state index in [2.05, 4.69) is 4.98 Å². The maximum absolute atomic E-state index is 12.7. The average molecular weight is 310 g/mol. The smallest absolute Gasteiger partial charge is 0.197 e. The molecule has 0 bridgehead atoms. The highest BCUT2D eigenvalue weighted by Crippen LogP contribution is 2.32. The van der Waals surface area contributed by atoms with Crippen molar-refractivity contribution in [2.24, 2.45) is 0 Å². The second-order valence-electron chi connectivity index (χ2n) is 4.22. The fourth-order valence-corrected chi connectivity index (χ4v) is 3.46. The summed E-state index contributed by atoms with van der Waals surface area (Å²) in [5.41, 5.74) is 2.94. The Morgan fingerprint density at radius 3 is 2.84 bits per heavy atom. The van der Waals surface area contributed by atoms with Crippen molar-refractivity contribution < 1.29 is 4.79 Å². The number of hydrogen-bond acceptors (Lipinski definition) is 2. The third kappa shape index (κ3) is 1.98. The number of halogens is 2. The molecule has 2 aromatic heterocycles. The van der Waals surface area contributed by atoms with E-state index >= 15 is 0 Å². The van der Waals surface area contributed by atoms with Crippen molar-refractivity contribution in [3.8, 4) is 0 Å². The summed E-state index contributed by atoms with van der Waals surface area (Å²) in [5.74, 6) is -0.0984. The van der Waals surface area contributed by atoms with Gasteiger partial charge in [0.25, 0.3) is 0 Å². The molecule has 2 heterocycles. The number of thiophene rings is 1. The lowest BCUT2D eigenvalue weighted by Gasteiger charge is -2.04. The molecule has 1 aromatic carbocycles. The van der Waals surface area contributed by atoms with Crippen LogP contribution in [0.15, 0.2) is 29.6 Å². The minimum absolute atomic E-state index is 0.0984. The number of hydrogen-bond donors (Lipinski definition) is 1.